The van der Waals surface area contributed by atoms with Crippen LogP contribution >= 0.6 is 0 Å². The molecule has 1 unspecified atom stereocenters. The van der Waals surface area contributed by atoms with Gasteiger partial charge in [0.15, 0.2) is 0 Å². The highest BCUT2D eigenvalue weighted by Crippen LogP contribution is 2.19. The van der Waals surface area contributed by atoms with Gasteiger partial charge in [0.25, 0.3) is 0 Å². The van der Waals surface area contributed by atoms with Crippen LogP contribution in [0.1, 0.15) is 38.3 Å². The number of nitrogens with one attached hydrogen (secondary N) is 1. The van der Waals surface area contributed by atoms with Gasteiger partial charge < -0.3 is 5.32 Å². The Morgan fingerprint density at radius 1 is 1.21 bits per heavy atom. The quantitative estimate of drug-likeness (QED) is 0.776. The zero-order valence-corrected chi connectivity index (χ0v) is 9.33. The number of rotatable bonds is 5. The van der Waals surface area contributed by atoms with Crippen LogP contribution in [0.25, 0.3) is 0 Å². The van der Waals surface area contributed by atoms with Crippen molar-refractivity contribution in [1.29, 1.82) is 0 Å². The first-order valence-electron chi connectivity index (χ1n) is 5.31. The van der Waals surface area contributed by atoms with Crippen molar-refractivity contribution in [3.63, 3.8) is 0 Å². The van der Waals surface area contributed by atoms with E-state index in [2.05, 4.69) is 36.3 Å². The largest absolute Gasteiger partial charge is 0.313 e. The van der Waals surface area contributed by atoms with Crippen LogP contribution in [0.4, 0.5) is 0 Å². The average molecular weight is 192 g/mol. The van der Waals surface area contributed by atoms with Crippen molar-refractivity contribution in [3.05, 3.63) is 30.1 Å². The summed E-state index contributed by atoms with van der Waals surface area (Å²) in [4.78, 5) is 4.03. The first-order chi connectivity index (χ1) is 6.74. The normalized spacial score (nSPS) is 13.1. The van der Waals surface area contributed by atoms with Crippen LogP contribution in [0.5, 0.6) is 0 Å². The van der Waals surface area contributed by atoms with Gasteiger partial charge in [-0.05, 0) is 43.5 Å². The summed E-state index contributed by atoms with van der Waals surface area (Å²) in [6.07, 6.45) is 6.16. The highest BCUT2D eigenvalue weighted by atomic mass is 14.9. The average Bonchev–Trinajstić information content (AvgIpc) is 2.20. The van der Waals surface area contributed by atoms with Crippen LogP contribution in [0.2, 0.25) is 0 Å². The Balaban J connectivity index is 2.54. The molecular formula is C12H20N2. The molecule has 14 heavy (non-hydrogen) atoms. The fourth-order valence-corrected chi connectivity index (χ4v) is 1.57. The van der Waals surface area contributed by atoms with Crippen LogP contribution < -0.4 is 5.32 Å². The molecule has 1 heterocycles. The fraction of sp³-hybridized carbons (Fsp3) is 0.583. The predicted molar refractivity (Wildman–Crippen MR) is 60.1 cm³/mol. The summed E-state index contributed by atoms with van der Waals surface area (Å²) < 4.78 is 0. The molecule has 0 saturated heterocycles. The topological polar surface area (TPSA) is 24.9 Å². The molecule has 0 amide bonds. The van der Waals surface area contributed by atoms with E-state index in [0.717, 1.165) is 5.92 Å². The van der Waals surface area contributed by atoms with Crippen molar-refractivity contribution in [2.24, 2.45) is 5.92 Å². The minimum absolute atomic E-state index is 0.473. The Hall–Kier alpha value is -0.890. The van der Waals surface area contributed by atoms with E-state index in [1.165, 1.54) is 18.4 Å². The molecule has 2 nitrogen and oxygen atoms in total. The Bertz CT molecular complexity index is 244. The van der Waals surface area contributed by atoms with Crippen LogP contribution in [-0.4, -0.2) is 12.0 Å². The Morgan fingerprint density at radius 3 is 2.36 bits per heavy atom. The standard InChI is InChI=1S/C12H20N2/c1-10(2)4-5-12(13-3)11-6-8-14-9-7-11/h6-10,12-13H,4-5H2,1-3H3. The Kier molecular flexibility index (Phi) is 4.60. The van der Waals surface area contributed by atoms with E-state index in [4.69, 9.17) is 0 Å². The molecule has 1 atom stereocenters. The summed E-state index contributed by atoms with van der Waals surface area (Å²) in [7, 11) is 2.02. The molecule has 0 saturated carbocycles. The number of hydrogen-bond donors (Lipinski definition) is 1. The van der Waals surface area contributed by atoms with Crippen molar-refractivity contribution in [2.75, 3.05) is 7.05 Å². The summed E-state index contributed by atoms with van der Waals surface area (Å²) in [6, 6.07) is 4.64. The lowest BCUT2D eigenvalue weighted by molar-refractivity contribution is 0.465. The van der Waals surface area contributed by atoms with Gasteiger partial charge in [-0.1, -0.05) is 13.8 Å². The van der Waals surface area contributed by atoms with E-state index >= 15 is 0 Å². The van der Waals surface area contributed by atoms with Crippen LogP contribution in [0.15, 0.2) is 24.5 Å². The van der Waals surface area contributed by atoms with Crippen molar-refractivity contribution >= 4 is 0 Å². The van der Waals surface area contributed by atoms with Gasteiger partial charge in [-0.2, -0.15) is 0 Å². The lowest BCUT2D eigenvalue weighted by Gasteiger charge is -2.17. The molecule has 1 aromatic rings. The predicted octanol–water partition coefficient (Wildman–Crippen LogP) is 2.78. The first kappa shape index (κ1) is 11.2. The lowest BCUT2D eigenvalue weighted by Crippen LogP contribution is -2.16. The van der Waals surface area contributed by atoms with Crippen molar-refractivity contribution in [2.45, 2.75) is 32.7 Å². The highest BCUT2D eigenvalue weighted by Gasteiger charge is 2.08. The molecule has 0 bridgehead atoms. The molecule has 0 aliphatic carbocycles. The second-order valence-corrected chi connectivity index (χ2v) is 4.09. The van der Waals surface area contributed by atoms with Crippen molar-refractivity contribution in [3.8, 4) is 0 Å². The van der Waals surface area contributed by atoms with Crippen LogP contribution in [0, 0.1) is 5.92 Å². The summed E-state index contributed by atoms with van der Waals surface area (Å²) in [5.41, 5.74) is 1.34. The molecule has 0 aliphatic heterocycles. The van der Waals surface area contributed by atoms with Gasteiger partial charge in [-0.15, -0.1) is 0 Å². The zero-order valence-electron chi connectivity index (χ0n) is 9.33. The smallest absolute Gasteiger partial charge is 0.0318 e. The van der Waals surface area contributed by atoms with E-state index in [1.54, 1.807) is 0 Å². The van der Waals surface area contributed by atoms with E-state index in [1.807, 2.05) is 19.4 Å². The molecule has 0 radical (unpaired) electrons. The van der Waals surface area contributed by atoms with Gasteiger partial charge >= 0.3 is 0 Å². The summed E-state index contributed by atoms with van der Waals surface area (Å²) in [5, 5.41) is 3.35. The summed E-state index contributed by atoms with van der Waals surface area (Å²) in [6.45, 7) is 4.53. The van der Waals surface area contributed by atoms with Gasteiger partial charge in [0, 0.05) is 18.4 Å². The SMILES string of the molecule is CNC(CCC(C)C)c1ccncc1. The molecule has 1 N–H and O–H groups in total. The molecule has 78 valence electrons. The van der Waals surface area contributed by atoms with Gasteiger partial charge in [-0.3, -0.25) is 4.98 Å². The molecular weight excluding hydrogens is 172 g/mol. The number of aromatic nitrogens is 1. The van der Waals surface area contributed by atoms with E-state index in [-0.39, 0.29) is 0 Å². The molecule has 0 aliphatic rings. The third-order valence-electron chi connectivity index (χ3n) is 2.49. The first-order valence-corrected chi connectivity index (χ1v) is 5.31. The highest BCUT2D eigenvalue weighted by molar-refractivity contribution is 5.14. The van der Waals surface area contributed by atoms with E-state index in [9.17, 15) is 0 Å². The summed E-state index contributed by atoms with van der Waals surface area (Å²) in [5.74, 6) is 0.771. The maximum absolute atomic E-state index is 4.03. The van der Waals surface area contributed by atoms with Gasteiger partial charge in [0.05, 0.1) is 0 Å². The molecule has 1 rings (SSSR count). The van der Waals surface area contributed by atoms with Gasteiger partial charge in [-0.25, -0.2) is 0 Å². The Labute approximate surface area is 86.8 Å². The third kappa shape index (κ3) is 3.46. The van der Waals surface area contributed by atoms with E-state index in [0.29, 0.717) is 6.04 Å². The zero-order chi connectivity index (χ0) is 10.4. The van der Waals surface area contributed by atoms with E-state index < -0.39 is 0 Å². The van der Waals surface area contributed by atoms with Crippen molar-refractivity contribution < 1.29 is 0 Å². The number of nitrogens with zero attached hydrogens (tertiary/aromatic N) is 1. The number of hydrogen-bond acceptors (Lipinski definition) is 2. The maximum Gasteiger partial charge on any atom is 0.0318 e. The Morgan fingerprint density at radius 2 is 1.86 bits per heavy atom. The molecule has 2 heteroatoms. The minimum atomic E-state index is 0.473. The van der Waals surface area contributed by atoms with Crippen LogP contribution in [-0.2, 0) is 0 Å². The van der Waals surface area contributed by atoms with Gasteiger partial charge in [0.1, 0.15) is 0 Å². The lowest BCUT2D eigenvalue weighted by atomic mass is 9.99. The number of pyridine rings is 1. The maximum atomic E-state index is 4.03. The molecule has 0 fully saturated rings. The van der Waals surface area contributed by atoms with Gasteiger partial charge in [0.2, 0.25) is 0 Å². The van der Waals surface area contributed by atoms with Crippen molar-refractivity contribution in [1.82, 2.24) is 10.3 Å². The molecule has 0 aromatic carbocycles. The summed E-state index contributed by atoms with van der Waals surface area (Å²) >= 11 is 0. The third-order valence-corrected chi connectivity index (χ3v) is 2.49. The monoisotopic (exact) mass is 192 g/mol. The molecule has 1 aromatic heterocycles. The minimum Gasteiger partial charge on any atom is -0.313 e. The molecule has 0 spiro atoms. The second-order valence-electron chi connectivity index (χ2n) is 4.09. The fourth-order valence-electron chi connectivity index (χ4n) is 1.57. The second kappa shape index (κ2) is 5.76. The van der Waals surface area contributed by atoms with Crippen LogP contribution in [0.3, 0.4) is 0 Å².